The van der Waals surface area contributed by atoms with Crippen LogP contribution in [0.5, 0.6) is 0 Å². The minimum absolute atomic E-state index is 0.308. The van der Waals surface area contributed by atoms with Crippen molar-refractivity contribution in [1.82, 2.24) is 15.0 Å². The molecular formula is C20H17ClN4O. The summed E-state index contributed by atoms with van der Waals surface area (Å²) in [7, 11) is 0. The molecule has 0 bridgehead atoms. The Bertz CT molecular complexity index is 918. The summed E-state index contributed by atoms with van der Waals surface area (Å²) in [6, 6.07) is 13.3. The van der Waals surface area contributed by atoms with E-state index in [4.69, 9.17) is 21.6 Å². The Morgan fingerprint density at radius 1 is 0.885 bits per heavy atom. The third-order valence-electron chi connectivity index (χ3n) is 4.44. The van der Waals surface area contributed by atoms with Crippen molar-refractivity contribution < 1.29 is 4.79 Å². The van der Waals surface area contributed by atoms with Gasteiger partial charge in [-0.3, -0.25) is 9.78 Å². The van der Waals surface area contributed by atoms with Crippen molar-refractivity contribution in [2.75, 3.05) is 18.0 Å². The molecule has 1 aromatic carbocycles. The van der Waals surface area contributed by atoms with Crippen LogP contribution in [0.1, 0.15) is 12.8 Å². The van der Waals surface area contributed by atoms with Gasteiger partial charge in [0.05, 0.1) is 5.69 Å². The number of rotatable bonds is 3. The maximum Gasteiger partial charge on any atom is 0.162 e. The number of benzene rings is 1. The maximum absolute atomic E-state index is 11.6. The van der Waals surface area contributed by atoms with Gasteiger partial charge in [-0.1, -0.05) is 11.6 Å². The summed E-state index contributed by atoms with van der Waals surface area (Å²) in [5.41, 5.74) is 2.71. The normalized spacial score (nSPS) is 14.5. The van der Waals surface area contributed by atoms with E-state index < -0.39 is 0 Å². The summed E-state index contributed by atoms with van der Waals surface area (Å²) in [6.07, 6.45) is 4.62. The number of carbonyl (C=O) groups is 1. The Morgan fingerprint density at radius 2 is 1.58 bits per heavy atom. The molecule has 0 saturated carbocycles. The molecule has 1 saturated heterocycles. The first-order valence-corrected chi connectivity index (χ1v) is 8.89. The maximum atomic E-state index is 11.6. The van der Waals surface area contributed by atoms with Crippen molar-refractivity contribution in [1.29, 1.82) is 0 Å². The molecule has 6 heteroatoms. The molecule has 4 rings (SSSR count). The van der Waals surface area contributed by atoms with Gasteiger partial charge in [-0.2, -0.15) is 0 Å². The number of nitrogens with zero attached hydrogens (tertiary/aromatic N) is 4. The van der Waals surface area contributed by atoms with E-state index in [0.29, 0.717) is 42.6 Å². The highest BCUT2D eigenvalue weighted by Gasteiger charge is 2.19. The number of piperidine rings is 1. The highest BCUT2D eigenvalue weighted by Crippen LogP contribution is 2.27. The number of hydrogen-bond donors (Lipinski definition) is 0. The van der Waals surface area contributed by atoms with Gasteiger partial charge in [-0.25, -0.2) is 9.97 Å². The van der Waals surface area contributed by atoms with E-state index in [1.165, 1.54) is 0 Å². The molecule has 130 valence electrons. The third-order valence-corrected chi connectivity index (χ3v) is 4.69. The van der Waals surface area contributed by atoms with E-state index in [1.807, 2.05) is 42.5 Å². The van der Waals surface area contributed by atoms with Gasteiger partial charge in [0.25, 0.3) is 0 Å². The fourth-order valence-corrected chi connectivity index (χ4v) is 3.11. The standard InChI is InChI=1S/C20H17ClN4O/c21-16-3-1-15(2-4-16)20-23-18(14-5-9-22-10-6-14)13-19(24-20)25-11-7-17(26)8-12-25/h1-6,9-10,13H,7-8,11-12H2. The van der Waals surface area contributed by atoms with Crippen molar-refractivity contribution in [3.05, 3.63) is 59.9 Å². The highest BCUT2D eigenvalue weighted by molar-refractivity contribution is 6.30. The van der Waals surface area contributed by atoms with Crippen LogP contribution in [0.2, 0.25) is 5.02 Å². The van der Waals surface area contributed by atoms with Gasteiger partial charge < -0.3 is 4.90 Å². The number of ketones is 1. The topological polar surface area (TPSA) is 59.0 Å². The molecule has 0 radical (unpaired) electrons. The van der Waals surface area contributed by atoms with Crippen LogP contribution in [-0.2, 0) is 4.79 Å². The van der Waals surface area contributed by atoms with Crippen molar-refractivity contribution in [2.24, 2.45) is 0 Å². The first-order valence-electron chi connectivity index (χ1n) is 8.51. The average Bonchev–Trinajstić information content (AvgIpc) is 2.69. The number of halogens is 1. The number of hydrogen-bond acceptors (Lipinski definition) is 5. The fraction of sp³-hybridized carbons (Fsp3) is 0.200. The number of anilines is 1. The molecule has 0 amide bonds. The molecule has 1 aliphatic rings. The molecule has 0 aliphatic carbocycles. The predicted molar refractivity (Wildman–Crippen MR) is 102 cm³/mol. The summed E-state index contributed by atoms with van der Waals surface area (Å²) < 4.78 is 0. The van der Waals surface area contributed by atoms with Gasteiger partial charge in [0.2, 0.25) is 0 Å². The molecule has 3 heterocycles. The lowest BCUT2D eigenvalue weighted by molar-refractivity contribution is -0.119. The van der Waals surface area contributed by atoms with Crippen LogP contribution in [0, 0.1) is 0 Å². The first-order chi connectivity index (χ1) is 12.7. The van der Waals surface area contributed by atoms with E-state index in [1.54, 1.807) is 12.4 Å². The van der Waals surface area contributed by atoms with Crippen molar-refractivity contribution >= 4 is 23.2 Å². The lowest BCUT2D eigenvalue weighted by Gasteiger charge is -2.27. The molecule has 1 fully saturated rings. The van der Waals surface area contributed by atoms with Crippen molar-refractivity contribution in [2.45, 2.75) is 12.8 Å². The minimum atomic E-state index is 0.308. The van der Waals surface area contributed by atoms with Gasteiger partial charge in [0, 0.05) is 60.5 Å². The highest BCUT2D eigenvalue weighted by atomic mass is 35.5. The Morgan fingerprint density at radius 3 is 2.27 bits per heavy atom. The Balaban J connectivity index is 1.79. The van der Waals surface area contributed by atoms with Crippen LogP contribution in [-0.4, -0.2) is 33.8 Å². The Labute approximate surface area is 156 Å². The monoisotopic (exact) mass is 364 g/mol. The quantitative estimate of drug-likeness (QED) is 0.702. The summed E-state index contributed by atoms with van der Waals surface area (Å²) in [5.74, 6) is 1.79. The van der Waals surface area contributed by atoms with E-state index in [-0.39, 0.29) is 0 Å². The van der Waals surface area contributed by atoms with Crippen LogP contribution in [0.15, 0.2) is 54.9 Å². The minimum Gasteiger partial charge on any atom is -0.356 e. The van der Waals surface area contributed by atoms with E-state index in [2.05, 4.69) is 9.88 Å². The first kappa shape index (κ1) is 16.7. The molecule has 1 aliphatic heterocycles. The van der Waals surface area contributed by atoms with E-state index in [9.17, 15) is 4.79 Å². The second kappa shape index (κ2) is 7.22. The molecule has 5 nitrogen and oxygen atoms in total. The van der Waals surface area contributed by atoms with Gasteiger partial charge in [-0.15, -0.1) is 0 Å². The average molecular weight is 365 g/mol. The van der Waals surface area contributed by atoms with Gasteiger partial charge in [0.1, 0.15) is 11.6 Å². The fourth-order valence-electron chi connectivity index (χ4n) is 2.98. The van der Waals surface area contributed by atoms with Crippen molar-refractivity contribution in [3.8, 4) is 22.6 Å². The largest absolute Gasteiger partial charge is 0.356 e. The second-order valence-corrected chi connectivity index (χ2v) is 6.64. The number of aromatic nitrogens is 3. The third kappa shape index (κ3) is 3.58. The molecule has 0 spiro atoms. The summed E-state index contributed by atoms with van der Waals surface area (Å²) in [4.78, 5) is 27.3. The van der Waals surface area contributed by atoms with E-state index in [0.717, 1.165) is 22.6 Å². The Kier molecular flexibility index (Phi) is 4.63. The number of pyridine rings is 1. The summed E-state index contributed by atoms with van der Waals surface area (Å²) in [5, 5.41) is 0.675. The lowest BCUT2D eigenvalue weighted by Crippen LogP contribution is -2.34. The molecule has 2 aromatic heterocycles. The van der Waals surface area contributed by atoms with Gasteiger partial charge in [-0.05, 0) is 36.4 Å². The second-order valence-electron chi connectivity index (χ2n) is 6.20. The number of carbonyl (C=O) groups excluding carboxylic acids is 1. The summed E-state index contributed by atoms with van der Waals surface area (Å²) >= 11 is 6.01. The van der Waals surface area contributed by atoms with Crippen LogP contribution in [0.4, 0.5) is 5.82 Å². The van der Waals surface area contributed by atoms with Crippen LogP contribution in [0.25, 0.3) is 22.6 Å². The summed E-state index contributed by atoms with van der Waals surface area (Å²) in [6.45, 7) is 1.37. The zero-order valence-electron chi connectivity index (χ0n) is 14.1. The zero-order valence-corrected chi connectivity index (χ0v) is 14.9. The molecular weight excluding hydrogens is 348 g/mol. The van der Waals surface area contributed by atoms with E-state index >= 15 is 0 Å². The molecule has 26 heavy (non-hydrogen) atoms. The molecule has 0 N–H and O–H groups in total. The smallest absolute Gasteiger partial charge is 0.162 e. The van der Waals surface area contributed by atoms with Crippen LogP contribution < -0.4 is 4.90 Å². The molecule has 0 unspecified atom stereocenters. The predicted octanol–water partition coefficient (Wildman–Crippen LogP) is 4.03. The Hall–Kier alpha value is -2.79. The van der Waals surface area contributed by atoms with Gasteiger partial charge >= 0.3 is 0 Å². The zero-order chi connectivity index (χ0) is 17.9. The van der Waals surface area contributed by atoms with Crippen LogP contribution >= 0.6 is 11.6 Å². The van der Waals surface area contributed by atoms with Gasteiger partial charge in [0.15, 0.2) is 5.82 Å². The molecule has 3 aromatic rings. The van der Waals surface area contributed by atoms with Crippen LogP contribution in [0.3, 0.4) is 0 Å². The SMILES string of the molecule is O=C1CCN(c2cc(-c3ccncc3)nc(-c3ccc(Cl)cc3)n2)CC1. The molecule has 0 atom stereocenters. The number of Topliss-reactive ketones (excluding diaryl/α,β-unsaturated/α-hetero) is 1. The lowest BCUT2D eigenvalue weighted by atomic mass is 10.1. The van der Waals surface area contributed by atoms with Crippen molar-refractivity contribution in [3.63, 3.8) is 0 Å².